The first-order valence-corrected chi connectivity index (χ1v) is 4.17. The minimum absolute atomic E-state index is 0.179. The maximum absolute atomic E-state index is 8.33. The minimum Gasteiger partial charge on any atom is -0.496 e. The maximum Gasteiger partial charge on any atom is 0.237 e. The molecule has 80 valence electrons. The van der Waals surface area contributed by atoms with Gasteiger partial charge in [-0.05, 0) is 12.1 Å². The maximum atomic E-state index is 8.33. The molecule has 4 N–H and O–H groups in total. The van der Waals surface area contributed by atoms with E-state index in [4.69, 9.17) is 15.7 Å². The number of hydrogen-bond donors (Lipinski definition) is 3. The van der Waals surface area contributed by atoms with Crippen LogP contribution in [0.25, 0.3) is 0 Å². The van der Waals surface area contributed by atoms with E-state index in [1.54, 1.807) is 18.7 Å². The Balaban J connectivity index is 2.80. The Morgan fingerprint density at radius 2 is 2.27 bits per heavy atom. The first-order chi connectivity index (χ1) is 7.27. The molecule has 1 aromatic rings. The third-order valence-electron chi connectivity index (χ3n) is 1.62. The lowest BCUT2D eigenvalue weighted by atomic mass is 10.2. The summed E-state index contributed by atoms with van der Waals surface area (Å²) < 4.78 is 5.09. The molecule has 1 rings (SSSR count). The number of hydroxylamine groups is 1. The lowest BCUT2D eigenvalue weighted by Gasteiger charge is -2.01. The summed E-state index contributed by atoms with van der Waals surface area (Å²) in [6.07, 6.45) is 1.48. The van der Waals surface area contributed by atoms with Crippen LogP contribution in [0.5, 0.6) is 5.75 Å². The highest BCUT2D eigenvalue weighted by molar-refractivity contribution is 5.84. The molecule has 0 bridgehead atoms. The lowest BCUT2D eigenvalue weighted by molar-refractivity contribution is 0.232. The number of methoxy groups -OCH3 is 1. The molecule has 0 aromatic heterocycles. The van der Waals surface area contributed by atoms with Gasteiger partial charge in [-0.1, -0.05) is 12.1 Å². The Bertz CT molecular complexity index is 376. The molecule has 0 aliphatic rings. The quantitative estimate of drug-likeness (QED) is 0.379. The van der Waals surface area contributed by atoms with Gasteiger partial charge in [0.15, 0.2) is 0 Å². The summed E-state index contributed by atoms with van der Waals surface area (Å²) in [5.74, 6) is 0.508. The molecule has 1 aromatic carbocycles. The first kappa shape index (κ1) is 11.0. The largest absolute Gasteiger partial charge is 0.496 e. The Hall–Kier alpha value is -2.08. The molecule has 6 nitrogen and oxygen atoms in total. The van der Waals surface area contributed by atoms with Gasteiger partial charge >= 0.3 is 0 Å². The SMILES string of the molecule is COc1ccccc1/C=N/N=C(\N)NO. The van der Waals surface area contributed by atoms with Gasteiger partial charge < -0.3 is 10.5 Å². The van der Waals surface area contributed by atoms with E-state index in [2.05, 4.69) is 10.2 Å². The van der Waals surface area contributed by atoms with Crippen LogP contribution in [0.4, 0.5) is 0 Å². The Morgan fingerprint density at radius 1 is 1.53 bits per heavy atom. The van der Waals surface area contributed by atoms with Crippen LogP contribution in [0.15, 0.2) is 34.5 Å². The summed E-state index contributed by atoms with van der Waals surface area (Å²) in [6, 6.07) is 7.32. The number of rotatable bonds is 3. The topological polar surface area (TPSA) is 92.2 Å². The van der Waals surface area contributed by atoms with E-state index in [9.17, 15) is 0 Å². The summed E-state index contributed by atoms with van der Waals surface area (Å²) in [7, 11) is 1.57. The predicted molar refractivity (Wildman–Crippen MR) is 57.1 cm³/mol. The summed E-state index contributed by atoms with van der Waals surface area (Å²) in [5.41, 5.74) is 7.59. The van der Waals surface area contributed by atoms with Crippen molar-refractivity contribution in [3.8, 4) is 5.75 Å². The summed E-state index contributed by atoms with van der Waals surface area (Å²) in [6.45, 7) is 0. The van der Waals surface area contributed by atoms with Gasteiger partial charge in [0.2, 0.25) is 5.96 Å². The summed E-state index contributed by atoms with van der Waals surface area (Å²) in [5, 5.41) is 15.4. The number of nitrogens with two attached hydrogens (primary N) is 1. The van der Waals surface area contributed by atoms with Crippen molar-refractivity contribution in [2.45, 2.75) is 0 Å². The van der Waals surface area contributed by atoms with Crippen LogP contribution in [0.3, 0.4) is 0 Å². The molecule has 0 radical (unpaired) electrons. The van der Waals surface area contributed by atoms with Gasteiger partial charge in [0.1, 0.15) is 5.75 Å². The molecule has 0 aliphatic carbocycles. The molecule has 0 saturated carbocycles. The normalized spacial score (nSPS) is 11.7. The number of hydrogen-bond acceptors (Lipinski definition) is 4. The number of nitrogens with zero attached hydrogens (tertiary/aromatic N) is 2. The van der Waals surface area contributed by atoms with Crippen molar-refractivity contribution in [1.82, 2.24) is 5.48 Å². The lowest BCUT2D eigenvalue weighted by Crippen LogP contribution is -2.27. The van der Waals surface area contributed by atoms with E-state index < -0.39 is 0 Å². The molecule has 0 heterocycles. The summed E-state index contributed by atoms with van der Waals surface area (Å²) in [4.78, 5) is 0. The van der Waals surface area contributed by atoms with Gasteiger partial charge in [0, 0.05) is 5.56 Å². The van der Waals surface area contributed by atoms with E-state index >= 15 is 0 Å². The predicted octanol–water partition coefficient (Wildman–Crippen LogP) is 0.323. The van der Waals surface area contributed by atoms with Crippen molar-refractivity contribution in [3.63, 3.8) is 0 Å². The molecule has 0 fully saturated rings. The summed E-state index contributed by atoms with van der Waals surface area (Å²) >= 11 is 0. The van der Waals surface area contributed by atoms with Crippen LogP contribution < -0.4 is 16.0 Å². The van der Waals surface area contributed by atoms with Crippen LogP contribution in [0.1, 0.15) is 5.56 Å². The Morgan fingerprint density at radius 3 is 2.93 bits per heavy atom. The van der Waals surface area contributed by atoms with Crippen LogP contribution in [0.2, 0.25) is 0 Å². The zero-order chi connectivity index (χ0) is 11.1. The number of guanidine groups is 1. The van der Waals surface area contributed by atoms with Crippen molar-refractivity contribution >= 4 is 12.2 Å². The van der Waals surface area contributed by atoms with Gasteiger partial charge in [-0.15, -0.1) is 5.10 Å². The highest BCUT2D eigenvalue weighted by Gasteiger charge is 1.96. The zero-order valence-corrected chi connectivity index (χ0v) is 8.21. The van der Waals surface area contributed by atoms with Crippen molar-refractivity contribution < 1.29 is 9.94 Å². The fraction of sp³-hybridized carbons (Fsp3) is 0.111. The van der Waals surface area contributed by atoms with Crippen LogP contribution in [0, 0.1) is 0 Å². The van der Waals surface area contributed by atoms with Gasteiger partial charge in [-0.2, -0.15) is 5.10 Å². The Kier molecular flexibility index (Phi) is 4.11. The molecule has 0 atom stereocenters. The number of benzene rings is 1. The monoisotopic (exact) mass is 208 g/mol. The van der Waals surface area contributed by atoms with E-state index in [-0.39, 0.29) is 5.96 Å². The van der Waals surface area contributed by atoms with E-state index in [1.165, 1.54) is 6.21 Å². The van der Waals surface area contributed by atoms with E-state index in [0.29, 0.717) is 5.75 Å². The van der Waals surface area contributed by atoms with Gasteiger partial charge in [0.25, 0.3) is 0 Å². The highest BCUT2D eigenvalue weighted by Crippen LogP contribution is 2.14. The second-order valence-electron chi connectivity index (χ2n) is 2.58. The molecule has 6 heteroatoms. The Labute approximate surface area is 87.0 Å². The van der Waals surface area contributed by atoms with Crippen LogP contribution in [-0.2, 0) is 0 Å². The second-order valence-corrected chi connectivity index (χ2v) is 2.58. The number of nitrogens with one attached hydrogen (secondary N) is 1. The van der Waals surface area contributed by atoms with Crippen LogP contribution in [-0.4, -0.2) is 24.5 Å². The van der Waals surface area contributed by atoms with Crippen molar-refractivity contribution in [2.24, 2.45) is 15.9 Å². The van der Waals surface area contributed by atoms with Gasteiger partial charge in [0.05, 0.1) is 13.3 Å². The number of para-hydroxylation sites is 1. The fourth-order valence-corrected chi connectivity index (χ4v) is 0.949. The first-order valence-electron chi connectivity index (χ1n) is 4.17. The average Bonchev–Trinajstić information content (AvgIpc) is 2.29. The van der Waals surface area contributed by atoms with E-state index in [1.807, 2.05) is 18.2 Å². The number of ether oxygens (including phenoxy) is 1. The van der Waals surface area contributed by atoms with Crippen molar-refractivity contribution in [2.75, 3.05) is 7.11 Å². The molecule has 0 unspecified atom stereocenters. The fourth-order valence-electron chi connectivity index (χ4n) is 0.949. The molecular weight excluding hydrogens is 196 g/mol. The molecular formula is C9H12N4O2. The second kappa shape index (κ2) is 5.61. The van der Waals surface area contributed by atoms with Gasteiger partial charge in [-0.25, -0.2) is 5.48 Å². The average molecular weight is 208 g/mol. The molecule has 0 amide bonds. The zero-order valence-electron chi connectivity index (χ0n) is 8.21. The molecule has 15 heavy (non-hydrogen) atoms. The highest BCUT2D eigenvalue weighted by atomic mass is 16.5. The minimum atomic E-state index is -0.179. The molecule has 0 saturated heterocycles. The smallest absolute Gasteiger partial charge is 0.237 e. The third kappa shape index (κ3) is 3.28. The molecule has 0 aliphatic heterocycles. The van der Waals surface area contributed by atoms with Gasteiger partial charge in [-0.3, -0.25) is 5.21 Å². The van der Waals surface area contributed by atoms with Crippen molar-refractivity contribution in [3.05, 3.63) is 29.8 Å². The van der Waals surface area contributed by atoms with Crippen LogP contribution >= 0.6 is 0 Å². The van der Waals surface area contributed by atoms with E-state index in [0.717, 1.165) is 5.56 Å². The van der Waals surface area contributed by atoms with Crippen molar-refractivity contribution in [1.29, 1.82) is 0 Å². The third-order valence-corrected chi connectivity index (χ3v) is 1.62. The standard InChI is InChI=1S/C9H12N4O2/c1-15-8-5-3-2-4-7(8)6-11-12-9(10)13-14/h2-6,14H,1H3,(H3,10,12,13)/b11-6+. The molecule has 0 spiro atoms.